The molecule has 0 aliphatic carbocycles. The third-order valence-electron chi connectivity index (χ3n) is 6.06. The van der Waals surface area contributed by atoms with Crippen molar-refractivity contribution >= 4 is 5.69 Å². The zero-order valence-corrected chi connectivity index (χ0v) is 16.5. The van der Waals surface area contributed by atoms with Gasteiger partial charge in [0, 0.05) is 30.0 Å². The molecule has 148 valence electrons. The second-order valence-electron chi connectivity index (χ2n) is 7.68. The van der Waals surface area contributed by atoms with Crippen molar-refractivity contribution in [3.05, 3.63) is 83.4 Å². The molecule has 1 N–H and O–H groups in total. The van der Waals surface area contributed by atoms with Crippen LogP contribution in [0.4, 0.5) is 5.69 Å². The summed E-state index contributed by atoms with van der Waals surface area (Å²) >= 11 is 0. The molecule has 0 spiro atoms. The second kappa shape index (κ2) is 7.36. The Kier molecular flexibility index (Phi) is 4.55. The molecule has 0 radical (unpaired) electrons. The van der Waals surface area contributed by atoms with Gasteiger partial charge in [0.1, 0.15) is 23.9 Å². The molecule has 3 aromatic carbocycles. The molecule has 0 saturated heterocycles. The first-order valence-electron chi connectivity index (χ1n) is 10.3. The highest BCUT2D eigenvalue weighted by atomic mass is 16.5. The summed E-state index contributed by atoms with van der Waals surface area (Å²) in [5.41, 5.74) is 4.78. The lowest BCUT2D eigenvalue weighted by Gasteiger charge is -2.36. The minimum Gasteiger partial charge on any atom is -0.508 e. The van der Waals surface area contributed by atoms with Crippen molar-refractivity contribution in [3.8, 4) is 17.2 Å². The Labute approximate surface area is 171 Å². The van der Waals surface area contributed by atoms with Crippen LogP contribution >= 0.6 is 0 Å². The summed E-state index contributed by atoms with van der Waals surface area (Å²) < 4.78 is 12.0. The van der Waals surface area contributed by atoms with Gasteiger partial charge in [-0.2, -0.15) is 0 Å². The predicted octanol–water partition coefficient (Wildman–Crippen LogP) is 4.92. The predicted molar refractivity (Wildman–Crippen MR) is 114 cm³/mol. The number of benzene rings is 3. The van der Waals surface area contributed by atoms with Crippen LogP contribution in [0.3, 0.4) is 0 Å². The highest BCUT2D eigenvalue weighted by Gasteiger charge is 2.34. The molecule has 5 rings (SSSR count). The highest BCUT2D eigenvalue weighted by Crippen LogP contribution is 2.48. The molecule has 0 fully saturated rings. The number of fused-ring (bicyclic) bond motifs is 2. The first-order valence-corrected chi connectivity index (χ1v) is 10.3. The van der Waals surface area contributed by atoms with Gasteiger partial charge in [-0.05, 0) is 36.2 Å². The number of hydrogen-bond acceptors (Lipinski definition) is 4. The van der Waals surface area contributed by atoms with E-state index in [9.17, 15) is 5.11 Å². The molecular weight excluding hydrogens is 362 g/mol. The lowest BCUT2D eigenvalue weighted by Crippen LogP contribution is -2.32. The third-order valence-corrected chi connectivity index (χ3v) is 6.06. The molecule has 4 nitrogen and oxygen atoms in total. The average Bonchev–Trinajstić information content (AvgIpc) is 2.78. The maximum atomic E-state index is 9.95. The van der Waals surface area contributed by atoms with Crippen LogP contribution in [0.2, 0.25) is 0 Å². The van der Waals surface area contributed by atoms with Crippen molar-refractivity contribution in [2.45, 2.75) is 18.8 Å². The molecular formula is C25H25NO3. The lowest BCUT2D eigenvalue weighted by atomic mass is 9.75. The van der Waals surface area contributed by atoms with Crippen molar-refractivity contribution in [1.82, 2.24) is 0 Å². The van der Waals surface area contributed by atoms with E-state index in [1.165, 1.54) is 11.1 Å². The number of aromatic hydroxyl groups is 1. The van der Waals surface area contributed by atoms with E-state index in [1.54, 1.807) is 12.1 Å². The van der Waals surface area contributed by atoms with Crippen LogP contribution in [-0.4, -0.2) is 31.4 Å². The van der Waals surface area contributed by atoms with Gasteiger partial charge in [-0.1, -0.05) is 42.5 Å². The van der Waals surface area contributed by atoms with Gasteiger partial charge in [0.15, 0.2) is 0 Å². The van der Waals surface area contributed by atoms with Gasteiger partial charge in [-0.3, -0.25) is 0 Å². The number of nitrogens with zero attached hydrogens (tertiary/aromatic N) is 1. The molecule has 0 unspecified atom stereocenters. The van der Waals surface area contributed by atoms with Crippen LogP contribution in [0.15, 0.2) is 66.7 Å². The summed E-state index contributed by atoms with van der Waals surface area (Å²) in [5, 5.41) is 9.95. The fourth-order valence-electron chi connectivity index (χ4n) is 4.61. The van der Waals surface area contributed by atoms with E-state index in [1.807, 2.05) is 12.1 Å². The second-order valence-corrected chi connectivity index (χ2v) is 7.68. The molecule has 3 aromatic rings. The Bertz CT molecular complexity index is 1020. The van der Waals surface area contributed by atoms with E-state index in [2.05, 4.69) is 54.3 Å². The number of phenolic OH excluding ortho intramolecular Hbond substituents is 1. The molecule has 2 atom stereocenters. The van der Waals surface area contributed by atoms with Crippen molar-refractivity contribution in [3.63, 3.8) is 0 Å². The Balaban J connectivity index is 1.65. The lowest BCUT2D eigenvalue weighted by molar-refractivity contribution is 0.247. The van der Waals surface area contributed by atoms with Crippen molar-refractivity contribution in [2.24, 2.45) is 0 Å². The zero-order chi connectivity index (χ0) is 19.8. The molecule has 0 amide bonds. The van der Waals surface area contributed by atoms with E-state index in [-0.39, 0.29) is 17.6 Å². The standard InChI is InChI=1S/C25H25NO3/c1-2-26-12-13-28-23-11-8-18(14-22(23)26)25-20-10-9-19(27)15-24(20)29-16-21(25)17-6-4-3-5-7-17/h3-11,14-15,21,25,27H,2,12-13,16H2,1H3/t21-,25-/m1/s1. The molecule has 29 heavy (non-hydrogen) atoms. The Morgan fingerprint density at radius 3 is 2.62 bits per heavy atom. The molecule has 2 aliphatic heterocycles. The highest BCUT2D eigenvalue weighted by molar-refractivity contribution is 5.63. The summed E-state index contributed by atoms with van der Waals surface area (Å²) in [4.78, 5) is 2.37. The van der Waals surface area contributed by atoms with Gasteiger partial charge in [-0.15, -0.1) is 0 Å². The van der Waals surface area contributed by atoms with Crippen molar-refractivity contribution < 1.29 is 14.6 Å². The molecule has 2 aliphatic rings. The van der Waals surface area contributed by atoms with Gasteiger partial charge >= 0.3 is 0 Å². The van der Waals surface area contributed by atoms with Crippen LogP contribution in [0.25, 0.3) is 0 Å². The third kappa shape index (κ3) is 3.19. The quantitative estimate of drug-likeness (QED) is 0.693. The summed E-state index contributed by atoms with van der Waals surface area (Å²) in [6, 6.07) is 22.6. The van der Waals surface area contributed by atoms with Crippen LogP contribution in [0.1, 0.15) is 35.4 Å². The zero-order valence-electron chi connectivity index (χ0n) is 16.5. The van der Waals surface area contributed by atoms with Crippen LogP contribution in [-0.2, 0) is 0 Å². The molecule has 0 saturated carbocycles. The van der Waals surface area contributed by atoms with Crippen LogP contribution in [0.5, 0.6) is 17.2 Å². The van der Waals surface area contributed by atoms with Crippen LogP contribution in [0, 0.1) is 0 Å². The normalized spacial score (nSPS) is 20.2. The summed E-state index contributed by atoms with van der Waals surface area (Å²) in [5.74, 6) is 2.30. The van der Waals surface area contributed by atoms with E-state index in [0.717, 1.165) is 42.4 Å². The largest absolute Gasteiger partial charge is 0.508 e. The minimum atomic E-state index is 0.146. The first-order chi connectivity index (χ1) is 14.2. The monoisotopic (exact) mass is 387 g/mol. The maximum Gasteiger partial charge on any atom is 0.142 e. The van der Waals surface area contributed by atoms with E-state index in [4.69, 9.17) is 9.47 Å². The number of rotatable bonds is 3. The molecule has 4 heteroatoms. The smallest absolute Gasteiger partial charge is 0.142 e. The van der Waals surface area contributed by atoms with Gasteiger partial charge < -0.3 is 19.5 Å². The number of ether oxygens (including phenoxy) is 2. The van der Waals surface area contributed by atoms with Gasteiger partial charge in [0.25, 0.3) is 0 Å². The van der Waals surface area contributed by atoms with Gasteiger partial charge in [0.2, 0.25) is 0 Å². The van der Waals surface area contributed by atoms with Crippen molar-refractivity contribution in [2.75, 3.05) is 31.2 Å². The van der Waals surface area contributed by atoms with E-state index in [0.29, 0.717) is 6.61 Å². The number of hydrogen-bond donors (Lipinski definition) is 1. The fourth-order valence-corrected chi connectivity index (χ4v) is 4.61. The van der Waals surface area contributed by atoms with Gasteiger partial charge in [0.05, 0.1) is 18.8 Å². The topological polar surface area (TPSA) is 41.9 Å². The fraction of sp³-hybridized carbons (Fsp3) is 0.280. The average molecular weight is 387 g/mol. The van der Waals surface area contributed by atoms with Crippen molar-refractivity contribution in [1.29, 1.82) is 0 Å². The Morgan fingerprint density at radius 2 is 1.79 bits per heavy atom. The Morgan fingerprint density at radius 1 is 0.931 bits per heavy atom. The number of phenols is 1. The summed E-state index contributed by atoms with van der Waals surface area (Å²) in [6.45, 7) is 5.36. The first kappa shape index (κ1) is 17.9. The Hall–Kier alpha value is -3.14. The van der Waals surface area contributed by atoms with E-state index < -0.39 is 0 Å². The number of likely N-dealkylation sites (N-methyl/N-ethyl adjacent to an activating group) is 1. The number of anilines is 1. The molecule has 2 heterocycles. The van der Waals surface area contributed by atoms with E-state index >= 15 is 0 Å². The molecule has 0 aromatic heterocycles. The SMILES string of the molecule is CCN1CCOc2ccc([C@@H]3c4ccc(O)cc4OC[C@@H]3c3ccccc3)cc21. The maximum absolute atomic E-state index is 9.95. The van der Waals surface area contributed by atoms with Crippen LogP contribution < -0.4 is 14.4 Å². The summed E-state index contributed by atoms with van der Waals surface area (Å²) in [7, 11) is 0. The molecule has 0 bridgehead atoms. The van der Waals surface area contributed by atoms with Gasteiger partial charge in [-0.25, -0.2) is 0 Å². The summed E-state index contributed by atoms with van der Waals surface area (Å²) in [6.07, 6.45) is 0. The minimum absolute atomic E-state index is 0.146.